The highest BCUT2D eigenvalue weighted by molar-refractivity contribution is 5.94. The first-order valence-corrected chi connectivity index (χ1v) is 8.19. The van der Waals surface area contributed by atoms with E-state index in [1.807, 2.05) is 0 Å². The number of carbonyl (C=O) groups excluding carboxylic acids is 2. The molecule has 2 fully saturated rings. The summed E-state index contributed by atoms with van der Waals surface area (Å²) >= 11 is 0. The maximum atomic E-state index is 13.0. The maximum absolute atomic E-state index is 13.0. The van der Waals surface area contributed by atoms with Gasteiger partial charge in [0.15, 0.2) is 0 Å². The molecular weight excluding hydrogens is 297 g/mol. The molecular formula is C17H22FN3O2. The number of rotatable bonds is 3. The van der Waals surface area contributed by atoms with E-state index in [9.17, 15) is 14.0 Å². The van der Waals surface area contributed by atoms with Gasteiger partial charge in [-0.15, -0.1) is 0 Å². The highest BCUT2D eigenvalue weighted by Crippen LogP contribution is 2.19. The molecule has 3 rings (SSSR count). The van der Waals surface area contributed by atoms with Crippen molar-refractivity contribution >= 4 is 11.8 Å². The summed E-state index contributed by atoms with van der Waals surface area (Å²) in [4.78, 5) is 26.6. The fraction of sp³-hybridized carbons (Fsp3) is 0.529. The van der Waals surface area contributed by atoms with E-state index in [-0.39, 0.29) is 29.6 Å². The van der Waals surface area contributed by atoms with Gasteiger partial charge in [-0.25, -0.2) is 4.39 Å². The van der Waals surface area contributed by atoms with E-state index in [1.54, 1.807) is 4.90 Å². The number of hydrogen-bond donors (Lipinski definition) is 2. The fourth-order valence-electron chi connectivity index (χ4n) is 3.25. The largest absolute Gasteiger partial charge is 0.352 e. The van der Waals surface area contributed by atoms with E-state index in [0.29, 0.717) is 18.7 Å². The van der Waals surface area contributed by atoms with Crippen LogP contribution in [0.2, 0.25) is 0 Å². The average molecular weight is 319 g/mol. The predicted molar refractivity (Wildman–Crippen MR) is 84.4 cm³/mol. The molecule has 6 heteroatoms. The normalized spacial score (nSPS) is 24.5. The van der Waals surface area contributed by atoms with E-state index in [0.717, 1.165) is 32.4 Å². The fourth-order valence-corrected chi connectivity index (χ4v) is 3.25. The molecule has 23 heavy (non-hydrogen) atoms. The van der Waals surface area contributed by atoms with Gasteiger partial charge in [0.25, 0.3) is 5.91 Å². The highest BCUT2D eigenvalue weighted by atomic mass is 19.1. The highest BCUT2D eigenvalue weighted by Gasteiger charge is 2.30. The minimum absolute atomic E-state index is 0.0373. The van der Waals surface area contributed by atoms with Gasteiger partial charge >= 0.3 is 0 Å². The molecule has 2 saturated heterocycles. The van der Waals surface area contributed by atoms with Gasteiger partial charge in [0, 0.05) is 31.2 Å². The van der Waals surface area contributed by atoms with Crippen molar-refractivity contribution in [3.05, 3.63) is 35.6 Å². The molecule has 1 aromatic rings. The average Bonchev–Trinajstić information content (AvgIpc) is 3.08. The number of amides is 2. The number of piperidine rings is 1. The van der Waals surface area contributed by atoms with Crippen LogP contribution < -0.4 is 10.6 Å². The Hall–Kier alpha value is -1.95. The van der Waals surface area contributed by atoms with Crippen LogP contribution in [0.15, 0.2) is 24.3 Å². The molecule has 0 aliphatic carbocycles. The van der Waals surface area contributed by atoms with E-state index < -0.39 is 0 Å². The molecule has 0 aromatic heterocycles. The molecule has 2 N–H and O–H groups in total. The van der Waals surface area contributed by atoms with E-state index in [2.05, 4.69) is 10.6 Å². The van der Waals surface area contributed by atoms with Crippen molar-refractivity contribution in [1.29, 1.82) is 0 Å². The summed E-state index contributed by atoms with van der Waals surface area (Å²) in [6, 6.07) is 5.76. The molecule has 0 radical (unpaired) electrons. The monoisotopic (exact) mass is 319 g/mol. The second-order valence-electron chi connectivity index (χ2n) is 6.30. The zero-order valence-electron chi connectivity index (χ0n) is 13.1. The second kappa shape index (κ2) is 7.08. The third-order valence-electron chi connectivity index (χ3n) is 4.58. The van der Waals surface area contributed by atoms with Crippen molar-refractivity contribution in [2.75, 3.05) is 26.2 Å². The van der Waals surface area contributed by atoms with Crippen molar-refractivity contribution in [3.8, 4) is 0 Å². The Bertz CT molecular complexity index is 570. The third kappa shape index (κ3) is 3.88. The first-order valence-electron chi connectivity index (χ1n) is 8.19. The standard InChI is InChI=1S/C17H22FN3O2/c18-14-5-3-12(4-6-14)17(23)21-9-1-2-13(11-21)16(22)20-15-7-8-19-10-15/h3-6,13,15,19H,1-2,7-11H2,(H,20,22). The first kappa shape index (κ1) is 15.9. The smallest absolute Gasteiger partial charge is 0.253 e. The molecule has 5 nitrogen and oxygen atoms in total. The van der Waals surface area contributed by atoms with Gasteiger partial charge in [0.1, 0.15) is 5.82 Å². The Kier molecular flexibility index (Phi) is 4.91. The van der Waals surface area contributed by atoms with Crippen molar-refractivity contribution in [2.24, 2.45) is 5.92 Å². The Morgan fingerprint density at radius 1 is 1.22 bits per heavy atom. The lowest BCUT2D eigenvalue weighted by Gasteiger charge is -2.32. The molecule has 2 amide bonds. The molecule has 1 aromatic carbocycles. The topological polar surface area (TPSA) is 61.4 Å². The molecule has 0 saturated carbocycles. The van der Waals surface area contributed by atoms with Crippen molar-refractivity contribution in [2.45, 2.75) is 25.3 Å². The number of likely N-dealkylation sites (tertiary alicyclic amines) is 1. The van der Waals surface area contributed by atoms with Gasteiger partial charge < -0.3 is 15.5 Å². The van der Waals surface area contributed by atoms with Crippen LogP contribution in [0.25, 0.3) is 0 Å². The van der Waals surface area contributed by atoms with Crippen molar-refractivity contribution < 1.29 is 14.0 Å². The number of benzene rings is 1. The van der Waals surface area contributed by atoms with E-state index in [4.69, 9.17) is 0 Å². The number of nitrogens with zero attached hydrogens (tertiary/aromatic N) is 1. The zero-order valence-corrected chi connectivity index (χ0v) is 13.1. The van der Waals surface area contributed by atoms with Crippen LogP contribution in [0.3, 0.4) is 0 Å². The van der Waals surface area contributed by atoms with Crippen LogP contribution >= 0.6 is 0 Å². The van der Waals surface area contributed by atoms with Gasteiger partial charge in [0.05, 0.1) is 5.92 Å². The van der Waals surface area contributed by atoms with E-state index >= 15 is 0 Å². The number of hydrogen-bond acceptors (Lipinski definition) is 3. The molecule has 2 heterocycles. The minimum Gasteiger partial charge on any atom is -0.352 e. The maximum Gasteiger partial charge on any atom is 0.253 e. The lowest BCUT2D eigenvalue weighted by Crippen LogP contribution is -2.48. The predicted octanol–water partition coefficient (Wildman–Crippen LogP) is 1.16. The van der Waals surface area contributed by atoms with Crippen LogP contribution in [0.5, 0.6) is 0 Å². The molecule has 2 atom stereocenters. The Morgan fingerprint density at radius 2 is 2.00 bits per heavy atom. The molecule has 2 aliphatic heterocycles. The summed E-state index contributed by atoms with van der Waals surface area (Å²) in [7, 11) is 0. The third-order valence-corrected chi connectivity index (χ3v) is 4.58. The summed E-state index contributed by atoms with van der Waals surface area (Å²) in [5.74, 6) is -0.614. The molecule has 2 aliphatic rings. The second-order valence-corrected chi connectivity index (χ2v) is 6.30. The quantitative estimate of drug-likeness (QED) is 0.879. The Morgan fingerprint density at radius 3 is 2.70 bits per heavy atom. The van der Waals surface area contributed by atoms with Crippen LogP contribution in [0, 0.1) is 11.7 Å². The Balaban J connectivity index is 1.59. The summed E-state index contributed by atoms with van der Waals surface area (Å²) < 4.78 is 13.0. The van der Waals surface area contributed by atoms with Crippen molar-refractivity contribution in [1.82, 2.24) is 15.5 Å². The van der Waals surface area contributed by atoms with E-state index in [1.165, 1.54) is 24.3 Å². The van der Waals surface area contributed by atoms with Crippen molar-refractivity contribution in [3.63, 3.8) is 0 Å². The summed E-state index contributed by atoms with van der Waals surface area (Å²) in [5, 5.41) is 6.29. The van der Waals surface area contributed by atoms with Crippen LogP contribution in [-0.4, -0.2) is 48.9 Å². The van der Waals surface area contributed by atoms with Gasteiger partial charge in [0.2, 0.25) is 5.91 Å². The van der Waals surface area contributed by atoms with Gasteiger partial charge in [-0.3, -0.25) is 9.59 Å². The SMILES string of the molecule is O=C(NC1CCNC1)C1CCCN(C(=O)c2ccc(F)cc2)C1. The Labute approximate surface area is 135 Å². The number of carbonyl (C=O) groups is 2. The first-order chi connectivity index (χ1) is 11.1. The number of nitrogens with one attached hydrogen (secondary N) is 2. The van der Waals surface area contributed by atoms with Gasteiger partial charge in [-0.2, -0.15) is 0 Å². The summed E-state index contributed by atoms with van der Waals surface area (Å²) in [6.07, 6.45) is 2.57. The molecule has 0 spiro atoms. The molecule has 2 unspecified atom stereocenters. The molecule has 124 valence electrons. The van der Waals surface area contributed by atoms with Crippen LogP contribution in [-0.2, 0) is 4.79 Å². The molecule has 0 bridgehead atoms. The summed E-state index contributed by atoms with van der Waals surface area (Å²) in [6.45, 7) is 2.83. The minimum atomic E-state index is -0.359. The van der Waals surface area contributed by atoms with Crippen LogP contribution in [0.1, 0.15) is 29.6 Å². The number of halogens is 1. The van der Waals surface area contributed by atoms with Gasteiger partial charge in [-0.1, -0.05) is 0 Å². The lowest BCUT2D eigenvalue weighted by atomic mass is 9.96. The lowest BCUT2D eigenvalue weighted by molar-refractivity contribution is -0.126. The summed E-state index contributed by atoms with van der Waals surface area (Å²) in [5.41, 5.74) is 0.465. The zero-order chi connectivity index (χ0) is 16.2. The van der Waals surface area contributed by atoms with Crippen LogP contribution in [0.4, 0.5) is 4.39 Å². The van der Waals surface area contributed by atoms with Gasteiger partial charge in [-0.05, 0) is 50.1 Å².